The van der Waals surface area contributed by atoms with E-state index in [0.29, 0.717) is 6.42 Å². The molecule has 0 saturated carbocycles. The number of halogens is 1. The summed E-state index contributed by atoms with van der Waals surface area (Å²) in [5, 5.41) is 0. The van der Waals surface area contributed by atoms with E-state index in [1.165, 1.54) is 10.4 Å². The van der Waals surface area contributed by atoms with Crippen molar-refractivity contribution in [2.24, 2.45) is 0 Å². The summed E-state index contributed by atoms with van der Waals surface area (Å²) in [6.45, 7) is 2.12. The van der Waals surface area contributed by atoms with Gasteiger partial charge >= 0.3 is 0 Å². The molecule has 3 nitrogen and oxygen atoms in total. The van der Waals surface area contributed by atoms with Gasteiger partial charge in [-0.3, -0.25) is 4.31 Å². The normalized spacial score (nSPS) is 14.4. The van der Waals surface area contributed by atoms with Crippen LogP contribution in [0.4, 0.5) is 10.1 Å². The Kier molecular flexibility index (Phi) is 3.01. The van der Waals surface area contributed by atoms with Crippen LogP contribution in [0.1, 0.15) is 11.1 Å². The molecule has 0 atom stereocenters. The Bertz CT molecular complexity index is 771. The fraction of sp³-hybridized carbons (Fsp3) is 0.200. The van der Waals surface area contributed by atoms with Gasteiger partial charge in [0.15, 0.2) is 0 Å². The Balaban J connectivity index is 2.12. The van der Waals surface area contributed by atoms with E-state index >= 15 is 0 Å². The molecule has 0 aromatic heterocycles. The topological polar surface area (TPSA) is 37.4 Å². The minimum atomic E-state index is -3.70. The third-order valence-electron chi connectivity index (χ3n) is 3.48. The average molecular weight is 291 g/mol. The van der Waals surface area contributed by atoms with Crippen LogP contribution in [0.2, 0.25) is 0 Å². The van der Waals surface area contributed by atoms with Crippen molar-refractivity contribution in [3.05, 3.63) is 59.4 Å². The van der Waals surface area contributed by atoms with Crippen LogP contribution in [0.3, 0.4) is 0 Å². The molecule has 20 heavy (non-hydrogen) atoms. The van der Waals surface area contributed by atoms with Crippen molar-refractivity contribution in [3.63, 3.8) is 0 Å². The lowest BCUT2D eigenvalue weighted by Gasteiger charge is -2.20. The molecule has 0 N–H and O–H groups in total. The maximum atomic E-state index is 14.0. The van der Waals surface area contributed by atoms with Gasteiger partial charge in [-0.15, -0.1) is 0 Å². The lowest BCUT2D eigenvalue weighted by molar-refractivity contribution is 0.588. The molecule has 1 aliphatic rings. The molecule has 0 radical (unpaired) electrons. The molecule has 0 saturated heterocycles. The van der Waals surface area contributed by atoms with Gasteiger partial charge in [0.1, 0.15) is 5.82 Å². The van der Waals surface area contributed by atoms with E-state index in [2.05, 4.69) is 0 Å². The predicted octanol–water partition coefficient (Wildman–Crippen LogP) is 2.89. The molecular weight excluding hydrogens is 277 g/mol. The van der Waals surface area contributed by atoms with Crippen molar-refractivity contribution in [3.8, 4) is 0 Å². The zero-order valence-electron chi connectivity index (χ0n) is 11.0. The Hall–Kier alpha value is -1.88. The van der Waals surface area contributed by atoms with Crippen LogP contribution >= 0.6 is 0 Å². The Labute approximate surface area is 117 Å². The maximum absolute atomic E-state index is 14.0. The Morgan fingerprint density at radius 2 is 1.90 bits per heavy atom. The highest BCUT2D eigenvalue weighted by molar-refractivity contribution is 7.92. The van der Waals surface area contributed by atoms with Gasteiger partial charge in [0.05, 0.1) is 10.6 Å². The summed E-state index contributed by atoms with van der Waals surface area (Å²) in [6.07, 6.45) is 0.540. The van der Waals surface area contributed by atoms with Crippen LogP contribution < -0.4 is 4.31 Å². The highest BCUT2D eigenvalue weighted by Crippen LogP contribution is 2.35. The SMILES string of the molecule is Cc1cccc(S(=O)(=O)N2CCc3cccc(F)c32)c1. The fourth-order valence-corrected chi connectivity index (χ4v) is 4.13. The molecule has 104 valence electrons. The number of sulfonamides is 1. The Morgan fingerprint density at radius 3 is 2.65 bits per heavy atom. The van der Waals surface area contributed by atoms with E-state index in [1.54, 1.807) is 30.3 Å². The molecule has 0 unspecified atom stereocenters. The summed E-state index contributed by atoms with van der Waals surface area (Å²) in [5.41, 5.74) is 1.79. The molecule has 3 rings (SSSR count). The van der Waals surface area contributed by atoms with Crippen LogP contribution in [0.15, 0.2) is 47.4 Å². The minimum absolute atomic E-state index is 0.189. The maximum Gasteiger partial charge on any atom is 0.264 e. The lowest BCUT2D eigenvalue weighted by atomic mass is 10.2. The lowest BCUT2D eigenvalue weighted by Crippen LogP contribution is -2.29. The second kappa shape index (κ2) is 4.59. The molecule has 0 aliphatic carbocycles. The van der Waals surface area contributed by atoms with E-state index in [9.17, 15) is 12.8 Å². The van der Waals surface area contributed by atoms with E-state index < -0.39 is 15.8 Å². The molecule has 0 spiro atoms. The average Bonchev–Trinajstić information content (AvgIpc) is 2.85. The van der Waals surface area contributed by atoms with Gasteiger partial charge in [-0.1, -0.05) is 24.3 Å². The first kappa shape index (κ1) is 13.1. The first-order valence-corrected chi connectivity index (χ1v) is 7.81. The molecule has 1 aliphatic heterocycles. The molecule has 0 fully saturated rings. The van der Waals surface area contributed by atoms with Crippen molar-refractivity contribution >= 4 is 15.7 Å². The summed E-state index contributed by atoms with van der Waals surface area (Å²) in [5.74, 6) is -0.490. The third kappa shape index (κ3) is 1.98. The molecule has 1 heterocycles. The van der Waals surface area contributed by atoms with Gasteiger partial charge in [0.2, 0.25) is 0 Å². The number of fused-ring (bicyclic) bond motifs is 1. The van der Waals surface area contributed by atoms with Crippen molar-refractivity contribution in [1.29, 1.82) is 0 Å². The number of aryl methyl sites for hydroxylation is 1. The molecular formula is C15H14FNO2S. The predicted molar refractivity (Wildman–Crippen MR) is 75.8 cm³/mol. The summed E-state index contributed by atoms with van der Waals surface area (Å²) < 4.78 is 40.5. The summed E-state index contributed by atoms with van der Waals surface area (Å²) in [4.78, 5) is 0.202. The van der Waals surface area contributed by atoms with Gasteiger partial charge in [0, 0.05) is 6.54 Å². The number of rotatable bonds is 2. The van der Waals surface area contributed by atoms with Gasteiger partial charge in [0.25, 0.3) is 10.0 Å². The first-order valence-electron chi connectivity index (χ1n) is 6.37. The number of hydrogen-bond donors (Lipinski definition) is 0. The monoisotopic (exact) mass is 291 g/mol. The minimum Gasteiger partial charge on any atom is -0.263 e. The van der Waals surface area contributed by atoms with Gasteiger partial charge < -0.3 is 0 Å². The summed E-state index contributed by atoms with van der Waals surface area (Å²) in [6, 6.07) is 11.3. The van der Waals surface area contributed by atoms with Crippen LogP contribution in [0.25, 0.3) is 0 Å². The molecule has 0 amide bonds. The van der Waals surface area contributed by atoms with Crippen molar-refractivity contribution < 1.29 is 12.8 Å². The van der Waals surface area contributed by atoms with Gasteiger partial charge in [-0.05, 0) is 42.7 Å². The van der Waals surface area contributed by atoms with Crippen molar-refractivity contribution in [2.45, 2.75) is 18.2 Å². The fourth-order valence-electron chi connectivity index (χ4n) is 2.52. The van der Waals surface area contributed by atoms with Crippen LogP contribution in [-0.4, -0.2) is 15.0 Å². The largest absolute Gasteiger partial charge is 0.264 e. The van der Waals surface area contributed by atoms with Crippen molar-refractivity contribution in [2.75, 3.05) is 10.8 Å². The van der Waals surface area contributed by atoms with Gasteiger partial charge in [-0.25, -0.2) is 12.8 Å². The van der Waals surface area contributed by atoms with Crippen LogP contribution in [0.5, 0.6) is 0 Å². The highest BCUT2D eigenvalue weighted by Gasteiger charge is 2.33. The summed E-state index contributed by atoms with van der Waals surface area (Å²) >= 11 is 0. The standard InChI is InChI=1S/C15H14FNO2S/c1-11-4-2-6-13(10-11)20(18,19)17-9-8-12-5-3-7-14(16)15(12)17/h2-7,10H,8-9H2,1H3. The molecule has 5 heteroatoms. The number of hydrogen-bond acceptors (Lipinski definition) is 2. The number of para-hydroxylation sites is 1. The second-order valence-corrected chi connectivity index (χ2v) is 6.75. The van der Waals surface area contributed by atoms with Crippen LogP contribution in [-0.2, 0) is 16.4 Å². The number of benzene rings is 2. The van der Waals surface area contributed by atoms with Crippen molar-refractivity contribution in [1.82, 2.24) is 0 Å². The Morgan fingerprint density at radius 1 is 1.15 bits per heavy atom. The number of nitrogens with zero attached hydrogens (tertiary/aromatic N) is 1. The zero-order valence-corrected chi connectivity index (χ0v) is 11.8. The summed E-state index contributed by atoms with van der Waals surface area (Å²) in [7, 11) is -3.70. The van der Waals surface area contributed by atoms with Crippen LogP contribution in [0, 0.1) is 12.7 Å². The quantitative estimate of drug-likeness (QED) is 0.853. The molecule has 2 aromatic carbocycles. The molecule has 2 aromatic rings. The third-order valence-corrected chi connectivity index (χ3v) is 5.28. The second-order valence-electron chi connectivity index (χ2n) is 4.89. The first-order chi connectivity index (χ1) is 9.50. The van der Waals surface area contributed by atoms with E-state index in [4.69, 9.17) is 0 Å². The van der Waals surface area contributed by atoms with E-state index in [0.717, 1.165) is 11.1 Å². The van der Waals surface area contributed by atoms with E-state index in [1.807, 2.05) is 13.0 Å². The smallest absolute Gasteiger partial charge is 0.263 e. The number of anilines is 1. The van der Waals surface area contributed by atoms with E-state index in [-0.39, 0.29) is 17.1 Å². The zero-order chi connectivity index (χ0) is 14.3. The highest BCUT2D eigenvalue weighted by atomic mass is 32.2. The molecule has 0 bridgehead atoms. The van der Waals surface area contributed by atoms with Gasteiger partial charge in [-0.2, -0.15) is 0 Å².